The second-order valence-electron chi connectivity index (χ2n) is 6.76. The highest BCUT2D eigenvalue weighted by atomic mass is 32.1. The molecular weight excluding hydrogens is 310 g/mol. The third-order valence-corrected chi connectivity index (χ3v) is 5.24. The lowest BCUT2D eigenvalue weighted by atomic mass is 9.91. The average Bonchev–Trinajstić information content (AvgIpc) is 3.15. The van der Waals surface area contributed by atoms with Gasteiger partial charge in [-0.3, -0.25) is 0 Å². The van der Waals surface area contributed by atoms with Crippen LogP contribution in [0, 0.1) is 11.8 Å². The first-order valence-electron chi connectivity index (χ1n) is 8.27. The SMILES string of the molecule is CC(C)Cc1nsc(N2CCC([C@H](O)c3nccn3C)CC2)n1. The molecule has 0 amide bonds. The summed E-state index contributed by atoms with van der Waals surface area (Å²) >= 11 is 1.49. The largest absolute Gasteiger partial charge is 0.385 e. The maximum absolute atomic E-state index is 10.5. The smallest absolute Gasteiger partial charge is 0.205 e. The van der Waals surface area contributed by atoms with E-state index in [0.29, 0.717) is 5.92 Å². The molecule has 3 rings (SSSR count). The number of aliphatic hydroxyl groups excluding tert-OH is 1. The van der Waals surface area contributed by atoms with E-state index in [1.54, 1.807) is 6.20 Å². The Kier molecular flexibility index (Phi) is 4.96. The fourth-order valence-corrected chi connectivity index (χ4v) is 3.85. The molecule has 1 saturated heterocycles. The van der Waals surface area contributed by atoms with Crippen molar-refractivity contribution in [3.8, 4) is 0 Å². The van der Waals surface area contributed by atoms with Gasteiger partial charge in [-0.2, -0.15) is 4.37 Å². The predicted octanol–water partition coefficient (Wildman–Crippen LogP) is 2.42. The molecule has 1 N–H and O–H groups in total. The van der Waals surface area contributed by atoms with Crippen molar-refractivity contribution < 1.29 is 5.11 Å². The third kappa shape index (κ3) is 3.72. The van der Waals surface area contributed by atoms with Crippen molar-refractivity contribution in [2.24, 2.45) is 18.9 Å². The van der Waals surface area contributed by atoms with Crippen LogP contribution < -0.4 is 4.90 Å². The second-order valence-corrected chi connectivity index (χ2v) is 7.49. The van der Waals surface area contributed by atoms with Crippen LogP contribution in [0.15, 0.2) is 12.4 Å². The van der Waals surface area contributed by atoms with Crippen LogP contribution in [0.5, 0.6) is 0 Å². The van der Waals surface area contributed by atoms with Gasteiger partial charge in [0.2, 0.25) is 5.13 Å². The maximum Gasteiger partial charge on any atom is 0.205 e. The van der Waals surface area contributed by atoms with Crippen molar-refractivity contribution in [1.29, 1.82) is 0 Å². The number of imidazole rings is 1. The molecule has 7 heteroatoms. The maximum atomic E-state index is 10.5. The zero-order valence-electron chi connectivity index (χ0n) is 14.0. The quantitative estimate of drug-likeness (QED) is 0.909. The van der Waals surface area contributed by atoms with Gasteiger partial charge in [0.15, 0.2) is 0 Å². The Morgan fingerprint density at radius 3 is 2.70 bits per heavy atom. The molecule has 1 fully saturated rings. The van der Waals surface area contributed by atoms with Crippen LogP contribution in [0.2, 0.25) is 0 Å². The molecule has 0 bridgehead atoms. The van der Waals surface area contributed by atoms with Crippen LogP contribution in [-0.4, -0.2) is 37.1 Å². The zero-order valence-corrected chi connectivity index (χ0v) is 14.8. The summed E-state index contributed by atoms with van der Waals surface area (Å²) in [5, 5.41) is 11.6. The Morgan fingerprint density at radius 1 is 1.35 bits per heavy atom. The molecule has 1 aliphatic rings. The van der Waals surface area contributed by atoms with E-state index in [9.17, 15) is 5.11 Å². The van der Waals surface area contributed by atoms with Crippen molar-refractivity contribution in [1.82, 2.24) is 18.9 Å². The minimum Gasteiger partial charge on any atom is -0.385 e. The summed E-state index contributed by atoms with van der Waals surface area (Å²) in [6.07, 6.45) is 5.98. The molecule has 2 aromatic rings. The second kappa shape index (κ2) is 6.97. The first-order chi connectivity index (χ1) is 11.0. The van der Waals surface area contributed by atoms with Gasteiger partial charge in [-0.25, -0.2) is 9.97 Å². The molecule has 6 nitrogen and oxygen atoms in total. The molecule has 126 valence electrons. The van der Waals surface area contributed by atoms with Crippen LogP contribution in [-0.2, 0) is 13.5 Å². The van der Waals surface area contributed by atoms with E-state index in [2.05, 4.69) is 33.1 Å². The molecule has 0 radical (unpaired) electrons. The van der Waals surface area contributed by atoms with Crippen LogP contribution in [0.25, 0.3) is 0 Å². The van der Waals surface area contributed by atoms with Gasteiger partial charge < -0.3 is 14.6 Å². The Labute approximate surface area is 141 Å². The molecule has 1 aliphatic heterocycles. The summed E-state index contributed by atoms with van der Waals surface area (Å²) in [4.78, 5) is 11.2. The normalized spacial score (nSPS) is 17.9. The van der Waals surface area contributed by atoms with Crippen LogP contribution in [0.1, 0.15) is 44.4 Å². The van der Waals surface area contributed by atoms with Gasteiger partial charge >= 0.3 is 0 Å². The minimum absolute atomic E-state index is 0.260. The van der Waals surface area contributed by atoms with E-state index in [1.807, 2.05) is 17.8 Å². The molecule has 3 heterocycles. The highest BCUT2D eigenvalue weighted by Gasteiger charge is 2.29. The molecule has 23 heavy (non-hydrogen) atoms. The van der Waals surface area contributed by atoms with Gasteiger partial charge in [0.05, 0.1) is 0 Å². The lowest BCUT2D eigenvalue weighted by Crippen LogP contribution is -2.36. The molecule has 0 aromatic carbocycles. The highest BCUT2D eigenvalue weighted by Crippen LogP contribution is 2.32. The summed E-state index contributed by atoms with van der Waals surface area (Å²) in [6, 6.07) is 0. The van der Waals surface area contributed by atoms with Crippen molar-refractivity contribution >= 4 is 16.7 Å². The lowest BCUT2D eigenvalue weighted by molar-refractivity contribution is 0.0825. The molecule has 0 spiro atoms. The number of aryl methyl sites for hydroxylation is 1. The van der Waals surface area contributed by atoms with Gasteiger partial charge in [-0.05, 0) is 24.7 Å². The van der Waals surface area contributed by atoms with E-state index in [1.165, 1.54) is 11.5 Å². The monoisotopic (exact) mass is 335 g/mol. The Hall–Kier alpha value is -1.47. The van der Waals surface area contributed by atoms with Gasteiger partial charge in [-0.1, -0.05) is 13.8 Å². The van der Waals surface area contributed by atoms with Crippen molar-refractivity contribution in [2.75, 3.05) is 18.0 Å². The van der Waals surface area contributed by atoms with E-state index < -0.39 is 6.10 Å². The Balaban J connectivity index is 1.58. The van der Waals surface area contributed by atoms with Crippen molar-refractivity contribution in [2.45, 2.75) is 39.2 Å². The first-order valence-corrected chi connectivity index (χ1v) is 9.04. The predicted molar refractivity (Wildman–Crippen MR) is 91.6 cm³/mol. The number of aliphatic hydroxyl groups is 1. The summed E-state index contributed by atoms with van der Waals surface area (Å²) in [6.45, 7) is 6.21. The number of piperidine rings is 1. The summed E-state index contributed by atoms with van der Waals surface area (Å²) < 4.78 is 6.37. The van der Waals surface area contributed by atoms with E-state index in [0.717, 1.165) is 49.1 Å². The number of hydrogen-bond donors (Lipinski definition) is 1. The van der Waals surface area contributed by atoms with Crippen LogP contribution >= 0.6 is 11.5 Å². The number of anilines is 1. The van der Waals surface area contributed by atoms with E-state index >= 15 is 0 Å². The third-order valence-electron chi connectivity index (χ3n) is 4.43. The highest BCUT2D eigenvalue weighted by molar-refractivity contribution is 7.09. The fourth-order valence-electron chi connectivity index (χ4n) is 3.10. The number of nitrogens with zero attached hydrogens (tertiary/aromatic N) is 5. The van der Waals surface area contributed by atoms with Crippen LogP contribution in [0.4, 0.5) is 5.13 Å². The topological polar surface area (TPSA) is 67.1 Å². The number of rotatable bonds is 5. The average molecular weight is 335 g/mol. The molecule has 2 aromatic heterocycles. The van der Waals surface area contributed by atoms with Crippen LogP contribution in [0.3, 0.4) is 0 Å². The molecule has 0 aliphatic carbocycles. The van der Waals surface area contributed by atoms with E-state index in [-0.39, 0.29) is 5.92 Å². The molecular formula is C16H25N5OS. The number of hydrogen-bond acceptors (Lipinski definition) is 6. The summed E-state index contributed by atoms with van der Waals surface area (Å²) in [5.41, 5.74) is 0. The minimum atomic E-state index is -0.483. The van der Waals surface area contributed by atoms with Gasteiger partial charge in [0.25, 0.3) is 0 Å². The lowest BCUT2D eigenvalue weighted by Gasteiger charge is -2.33. The summed E-state index contributed by atoms with van der Waals surface area (Å²) in [5.74, 6) is 2.56. The van der Waals surface area contributed by atoms with Gasteiger partial charge in [0, 0.05) is 50.5 Å². The molecule has 0 saturated carbocycles. The molecule has 1 atom stereocenters. The molecule has 0 unspecified atom stereocenters. The Bertz CT molecular complexity index is 630. The first kappa shape index (κ1) is 16.4. The number of aromatic nitrogens is 4. The Morgan fingerprint density at radius 2 is 2.09 bits per heavy atom. The van der Waals surface area contributed by atoms with Crippen molar-refractivity contribution in [3.63, 3.8) is 0 Å². The summed E-state index contributed by atoms with van der Waals surface area (Å²) in [7, 11) is 1.93. The zero-order chi connectivity index (χ0) is 16.4. The van der Waals surface area contributed by atoms with Gasteiger partial charge in [-0.15, -0.1) is 0 Å². The van der Waals surface area contributed by atoms with E-state index in [4.69, 9.17) is 0 Å². The standard InChI is InChI=1S/C16H25N5OS/c1-11(2)10-13-18-16(23-19-13)21-7-4-12(5-8-21)14(22)15-17-6-9-20(15)3/h6,9,11-12,14,22H,4-5,7-8,10H2,1-3H3/t14-/m0/s1. The van der Waals surface area contributed by atoms with Gasteiger partial charge in [0.1, 0.15) is 17.8 Å². The fraction of sp³-hybridized carbons (Fsp3) is 0.688. The van der Waals surface area contributed by atoms with Crippen molar-refractivity contribution in [3.05, 3.63) is 24.0 Å².